The van der Waals surface area contributed by atoms with Crippen LogP contribution in [0.2, 0.25) is 0 Å². The molecular formula is C55H103N17O13. The van der Waals surface area contributed by atoms with Gasteiger partial charge in [-0.05, 0) is 101 Å². The summed E-state index contributed by atoms with van der Waals surface area (Å²) in [5.41, 5.74) is 33.7. The van der Waals surface area contributed by atoms with E-state index in [0.29, 0.717) is 32.2 Å². The van der Waals surface area contributed by atoms with Crippen molar-refractivity contribution in [2.24, 2.45) is 74.0 Å². The Balaban J connectivity index is 6.85. The van der Waals surface area contributed by atoms with Crippen molar-refractivity contribution in [3.8, 4) is 0 Å². The summed E-state index contributed by atoms with van der Waals surface area (Å²) in [5, 5.41) is 43.0. The van der Waals surface area contributed by atoms with Crippen LogP contribution in [0.25, 0.3) is 0 Å². The lowest BCUT2D eigenvalue weighted by Crippen LogP contribution is -2.61. The number of carboxylic acids is 2. The number of nitrogens with one attached hydrogen (secondary N) is 9. The highest BCUT2D eigenvalue weighted by molar-refractivity contribution is 5.99. The minimum absolute atomic E-state index is 0.00247. The highest BCUT2D eigenvalue weighted by atomic mass is 16.4. The van der Waals surface area contributed by atoms with Gasteiger partial charge in [-0.15, -0.1) is 0 Å². The fraction of sp³-hybridized carbons (Fsp3) is 0.764. The summed E-state index contributed by atoms with van der Waals surface area (Å²) in [4.78, 5) is 157. The Bertz CT molecular complexity index is 2240. The molecule has 30 nitrogen and oxygen atoms in total. The molecular weight excluding hydrogens is 1110 g/mol. The molecule has 0 fully saturated rings. The first-order valence-corrected chi connectivity index (χ1v) is 29.4. The lowest BCUT2D eigenvalue weighted by Gasteiger charge is -2.29. The lowest BCUT2D eigenvalue weighted by atomic mass is 9.97. The molecule has 30 heteroatoms. The average molecular weight is 1210 g/mol. The maximum Gasteiger partial charge on any atom is 0.326 e. The zero-order valence-corrected chi connectivity index (χ0v) is 51.7. The molecule has 9 amide bonds. The van der Waals surface area contributed by atoms with Crippen molar-refractivity contribution in [3.05, 3.63) is 0 Å². The first-order chi connectivity index (χ1) is 39.7. The fourth-order valence-corrected chi connectivity index (χ4v) is 8.60. The summed E-state index contributed by atoms with van der Waals surface area (Å²) in [5.74, 6) is -12.3. The number of nitrogens with zero attached hydrogens (tertiary/aromatic N) is 2. The molecule has 0 saturated heterocycles. The summed E-state index contributed by atoms with van der Waals surface area (Å²) >= 11 is 0. The smallest absolute Gasteiger partial charge is 0.326 e. The highest BCUT2D eigenvalue weighted by Crippen LogP contribution is 2.15. The van der Waals surface area contributed by atoms with Gasteiger partial charge in [0.05, 0.1) is 12.5 Å². The molecule has 0 rings (SSSR count). The number of amides is 9. The second kappa shape index (κ2) is 40.8. The van der Waals surface area contributed by atoms with Crippen molar-refractivity contribution in [3.63, 3.8) is 0 Å². The zero-order chi connectivity index (χ0) is 65.3. The largest absolute Gasteiger partial charge is 0.481 e. The summed E-state index contributed by atoms with van der Waals surface area (Å²) < 4.78 is 0. The van der Waals surface area contributed by atoms with Crippen LogP contribution in [0.1, 0.15) is 160 Å². The minimum Gasteiger partial charge on any atom is -0.481 e. The van der Waals surface area contributed by atoms with Gasteiger partial charge in [0.1, 0.15) is 54.4 Å². The highest BCUT2D eigenvalue weighted by Gasteiger charge is 2.37. The standard InChI is InChI=1S/C55H103N17O13/c1-12-31(9)42(71-45(76)34(57)18-14-15-21-56)52(83)70-40(27-41(73)74)50(81)66-36(20-17-23-63-55(60)61)47(78)67-38(25-29(5)6)49(80)69-37(24-28(3)4)48(79)64-33(11)44(75)65-35(19-16-22-62-54(58)59)46(77)68-39(26-30(7)8)51(82)72-43(53(84)85)32(10)13-2/h28-40,42-43H,12-27,56-57H2,1-11H3,(H,64,79)(H,65,75)(H,66,81)(H,67,78)(H,68,77)(H,69,80)(H,70,83)(H,71,76)(H,72,82)(H,73,74)(H,84,85)(H4,58,59,62)(H4,60,61,63)/t31-,32-,33-,34-,35-,36-,37-,38-,39-,40-,42-,43-/m0/s1. The number of guanidine groups is 2. The van der Waals surface area contributed by atoms with Crippen molar-refractivity contribution >= 4 is 77.0 Å². The van der Waals surface area contributed by atoms with Crippen LogP contribution < -0.4 is 82.3 Å². The number of aliphatic imine (C=N–C) groups is 2. The molecule has 0 aromatic rings. The SMILES string of the molecule is CC[C@H](C)[C@H](NC(=O)[C@H](CC(C)C)NC(=O)[C@H](CCCN=C(N)N)NC(=O)[C@H](C)NC(=O)[C@H](CC(C)C)NC(=O)[C@H](CC(C)C)NC(=O)[C@H](CCCN=C(N)N)NC(=O)[C@H](CC(=O)O)NC(=O)[C@@H](NC(=O)[C@@H](N)CCCCN)[C@@H](C)CC)C(=O)O. The normalized spacial score (nSPS) is 15.5. The second-order valence-electron chi connectivity index (χ2n) is 23.0. The molecule has 0 heterocycles. The van der Waals surface area contributed by atoms with Crippen LogP contribution in [0.5, 0.6) is 0 Å². The van der Waals surface area contributed by atoms with Crippen molar-refractivity contribution < 1.29 is 63.0 Å². The monoisotopic (exact) mass is 1210 g/mol. The third-order valence-corrected chi connectivity index (χ3v) is 13.8. The van der Waals surface area contributed by atoms with Crippen molar-refractivity contribution in [1.29, 1.82) is 0 Å². The molecule has 0 aromatic carbocycles. The molecule has 0 aromatic heterocycles. The second-order valence-corrected chi connectivity index (χ2v) is 23.0. The van der Waals surface area contributed by atoms with Crippen LogP contribution in [0, 0.1) is 29.6 Å². The van der Waals surface area contributed by atoms with E-state index in [0.717, 1.165) is 0 Å². The van der Waals surface area contributed by atoms with E-state index in [1.165, 1.54) is 6.92 Å². The van der Waals surface area contributed by atoms with E-state index < -0.39 is 144 Å². The van der Waals surface area contributed by atoms with Gasteiger partial charge in [-0.2, -0.15) is 0 Å². The van der Waals surface area contributed by atoms with Crippen molar-refractivity contribution in [2.45, 2.75) is 220 Å². The number of hydrogen-bond acceptors (Lipinski definition) is 15. The van der Waals surface area contributed by atoms with E-state index in [1.807, 2.05) is 0 Å². The molecule has 0 unspecified atom stereocenters. The molecule has 0 spiro atoms. The molecule has 486 valence electrons. The molecule has 0 aliphatic heterocycles. The molecule has 12 atom stereocenters. The number of hydrogen-bond donors (Lipinski definition) is 17. The molecule has 0 bridgehead atoms. The molecule has 0 radical (unpaired) electrons. The zero-order valence-electron chi connectivity index (χ0n) is 51.7. The van der Waals surface area contributed by atoms with Crippen molar-refractivity contribution in [1.82, 2.24) is 47.9 Å². The Morgan fingerprint density at radius 3 is 1.15 bits per heavy atom. The van der Waals surface area contributed by atoms with E-state index in [1.54, 1.807) is 69.2 Å². The summed E-state index contributed by atoms with van der Waals surface area (Å²) in [6.45, 7) is 19.3. The topological polar surface area (TPSA) is 517 Å². The fourth-order valence-electron chi connectivity index (χ4n) is 8.60. The van der Waals surface area contributed by atoms with Gasteiger partial charge < -0.3 is 92.5 Å². The Labute approximate surface area is 500 Å². The number of rotatable bonds is 43. The minimum atomic E-state index is -1.77. The number of carboxylic acid groups (broad SMARTS) is 2. The van der Waals surface area contributed by atoms with E-state index in [-0.39, 0.29) is 94.1 Å². The summed E-state index contributed by atoms with van der Waals surface area (Å²) in [6, 6.07) is -13.2. The molecule has 85 heavy (non-hydrogen) atoms. The predicted octanol–water partition coefficient (Wildman–Crippen LogP) is -2.28. The number of unbranched alkanes of at least 4 members (excludes halogenated alkanes) is 1. The van der Waals surface area contributed by atoms with Gasteiger partial charge in [-0.1, -0.05) is 88.5 Å². The lowest BCUT2D eigenvalue weighted by molar-refractivity contribution is -0.144. The first kappa shape index (κ1) is 77.6. The van der Waals surface area contributed by atoms with Crippen LogP contribution >= 0.6 is 0 Å². The van der Waals surface area contributed by atoms with Gasteiger partial charge in [-0.3, -0.25) is 57.9 Å². The van der Waals surface area contributed by atoms with Crippen LogP contribution in [-0.2, 0) is 52.7 Å². The van der Waals surface area contributed by atoms with Gasteiger partial charge >= 0.3 is 11.9 Å². The summed E-state index contributed by atoms with van der Waals surface area (Å²) in [7, 11) is 0. The molecule has 0 aliphatic carbocycles. The van der Waals surface area contributed by atoms with E-state index in [2.05, 4.69) is 57.8 Å². The van der Waals surface area contributed by atoms with E-state index in [4.69, 9.17) is 34.4 Å². The quantitative estimate of drug-likeness (QED) is 0.0174. The van der Waals surface area contributed by atoms with Gasteiger partial charge in [0, 0.05) is 13.1 Å². The summed E-state index contributed by atoms with van der Waals surface area (Å²) in [6.07, 6.45) is 1.53. The third-order valence-electron chi connectivity index (χ3n) is 13.8. The van der Waals surface area contributed by atoms with E-state index in [9.17, 15) is 63.0 Å². The predicted molar refractivity (Wildman–Crippen MR) is 321 cm³/mol. The first-order valence-electron chi connectivity index (χ1n) is 29.4. The Morgan fingerprint density at radius 2 is 0.765 bits per heavy atom. The average Bonchev–Trinajstić information content (AvgIpc) is 3.63. The number of carbonyl (C=O) groups is 11. The van der Waals surface area contributed by atoms with Crippen molar-refractivity contribution in [2.75, 3.05) is 19.6 Å². The van der Waals surface area contributed by atoms with Gasteiger partial charge in [0.2, 0.25) is 53.2 Å². The van der Waals surface area contributed by atoms with E-state index >= 15 is 0 Å². The Hall–Kier alpha value is -7.37. The molecule has 0 saturated carbocycles. The third kappa shape index (κ3) is 31.9. The number of nitrogens with two attached hydrogens (primary N) is 6. The Kier molecular flexibility index (Phi) is 37.3. The van der Waals surface area contributed by atoms with Gasteiger partial charge in [-0.25, -0.2) is 4.79 Å². The van der Waals surface area contributed by atoms with Crippen LogP contribution in [0.15, 0.2) is 9.98 Å². The molecule has 0 aliphatic rings. The number of aliphatic carboxylic acids is 2. The maximum absolute atomic E-state index is 14.3. The Morgan fingerprint density at radius 1 is 0.412 bits per heavy atom. The van der Waals surface area contributed by atoms with Crippen LogP contribution in [0.4, 0.5) is 0 Å². The van der Waals surface area contributed by atoms with Crippen LogP contribution in [0.3, 0.4) is 0 Å². The molecule has 23 N–H and O–H groups in total. The van der Waals surface area contributed by atoms with Gasteiger partial charge in [0.25, 0.3) is 0 Å². The number of carbonyl (C=O) groups excluding carboxylic acids is 9. The van der Waals surface area contributed by atoms with Crippen LogP contribution in [-0.4, -0.2) is 167 Å². The maximum atomic E-state index is 14.3. The van der Waals surface area contributed by atoms with Gasteiger partial charge in [0.15, 0.2) is 11.9 Å².